The number of rotatable bonds is 1. The van der Waals surface area contributed by atoms with Crippen LogP contribution in [0, 0.1) is 13.8 Å². The summed E-state index contributed by atoms with van der Waals surface area (Å²) in [7, 11) is 0. The molecule has 43 heavy (non-hydrogen) atoms. The molecule has 8 rings (SSSR count). The predicted molar refractivity (Wildman–Crippen MR) is 188 cm³/mol. The van der Waals surface area contributed by atoms with Gasteiger partial charge in [-0.3, -0.25) is 0 Å². The molecule has 2 aromatic heterocycles. The van der Waals surface area contributed by atoms with Crippen molar-refractivity contribution in [2.75, 3.05) is 0 Å². The number of hydrogen-bond acceptors (Lipinski definition) is 0. The predicted octanol–water partition coefficient (Wildman–Crippen LogP) is 9.07. The first-order valence-corrected chi connectivity index (χ1v) is 15.7. The average molecular weight is 559 g/mol. The van der Waals surface area contributed by atoms with E-state index >= 15 is 0 Å². The first kappa shape index (κ1) is 26.4. The summed E-state index contributed by atoms with van der Waals surface area (Å²) in [6.45, 7) is 18.6. The second kappa shape index (κ2) is 8.66. The van der Waals surface area contributed by atoms with Crippen LogP contribution in [-0.2, 0) is 10.8 Å². The molecule has 0 aliphatic carbocycles. The number of nitrogens with zero attached hydrogens (tertiary/aromatic N) is 2. The average Bonchev–Trinajstić information content (AvgIpc) is 3.48. The summed E-state index contributed by atoms with van der Waals surface area (Å²) in [6, 6.07) is 34.7. The fourth-order valence-corrected chi connectivity index (χ4v) is 7.89. The Morgan fingerprint density at radius 2 is 1.19 bits per heavy atom. The van der Waals surface area contributed by atoms with Crippen LogP contribution in [-0.4, -0.2) is 15.9 Å². The maximum absolute atomic E-state index is 2.69. The highest BCUT2D eigenvalue weighted by atomic mass is 15.0. The molecule has 0 radical (unpaired) electrons. The molecule has 0 amide bonds. The summed E-state index contributed by atoms with van der Waals surface area (Å²) in [6.07, 6.45) is 0. The van der Waals surface area contributed by atoms with E-state index in [9.17, 15) is 0 Å². The SMILES string of the molecule is Cc1cccc2c3cccc(C)c3n(B3c4ccccc4-n4c5ccc(C(C)(C)C)cc5c5ccc(C(C)(C)C)c3c54)c12. The molecule has 3 heteroatoms. The molecule has 0 spiro atoms. The van der Waals surface area contributed by atoms with E-state index in [0.717, 1.165) is 0 Å². The van der Waals surface area contributed by atoms with Crippen molar-refractivity contribution >= 4 is 61.4 Å². The van der Waals surface area contributed by atoms with Gasteiger partial charge in [-0.05, 0) is 76.1 Å². The van der Waals surface area contributed by atoms with Gasteiger partial charge in [0.2, 0.25) is 0 Å². The van der Waals surface area contributed by atoms with E-state index in [0.29, 0.717) is 0 Å². The Morgan fingerprint density at radius 1 is 0.558 bits per heavy atom. The lowest BCUT2D eigenvalue weighted by Crippen LogP contribution is -2.55. The second-order valence-corrected chi connectivity index (χ2v) is 14.8. The number of para-hydroxylation sites is 3. The molecule has 1 aliphatic heterocycles. The molecule has 0 bridgehead atoms. The Kier molecular flexibility index (Phi) is 5.32. The third-order valence-corrected chi connectivity index (χ3v) is 9.89. The topological polar surface area (TPSA) is 9.86 Å². The van der Waals surface area contributed by atoms with Crippen LogP contribution < -0.4 is 10.9 Å². The minimum absolute atomic E-state index is 0.0330. The number of benzene rings is 5. The van der Waals surface area contributed by atoms with Crippen LogP contribution in [0.4, 0.5) is 0 Å². The number of hydrogen-bond donors (Lipinski definition) is 0. The van der Waals surface area contributed by atoms with Crippen molar-refractivity contribution in [2.45, 2.75) is 66.2 Å². The van der Waals surface area contributed by atoms with Gasteiger partial charge < -0.3 is 9.05 Å². The van der Waals surface area contributed by atoms with E-state index < -0.39 is 0 Å². The Bertz CT molecular complexity index is 2220. The van der Waals surface area contributed by atoms with E-state index in [2.05, 4.69) is 155 Å². The molecule has 0 saturated heterocycles. The Morgan fingerprint density at radius 3 is 1.81 bits per heavy atom. The lowest BCUT2D eigenvalue weighted by atomic mass is 9.46. The van der Waals surface area contributed by atoms with Crippen molar-refractivity contribution in [1.29, 1.82) is 0 Å². The lowest BCUT2D eigenvalue weighted by molar-refractivity contribution is 0.591. The van der Waals surface area contributed by atoms with Crippen molar-refractivity contribution in [1.82, 2.24) is 9.05 Å². The van der Waals surface area contributed by atoms with Crippen molar-refractivity contribution in [3.05, 3.63) is 113 Å². The summed E-state index contributed by atoms with van der Waals surface area (Å²) >= 11 is 0. The summed E-state index contributed by atoms with van der Waals surface area (Å²) in [4.78, 5) is 0. The Hall–Kier alpha value is -4.24. The highest BCUT2D eigenvalue weighted by Gasteiger charge is 2.40. The maximum Gasteiger partial charge on any atom is 0.332 e. The molecule has 7 aromatic rings. The minimum atomic E-state index is -0.0330. The first-order chi connectivity index (χ1) is 20.5. The highest BCUT2D eigenvalue weighted by molar-refractivity contribution is 6.88. The summed E-state index contributed by atoms with van der Waals surface area (Å²) in [5.74, 6) is 0. The van der Waals surface area contributed by atoms with Gasteiger partial charge in [0.15, 0.2) is 0 Å². The van der Waals surface area contributed by atoms with Gasteiger partial charge in [-0.25, -0.2) is 0 Å². The van der Waals surface area contributed by atoms with Crippen LogP contribution in [0.2, 0.25) is 0 Å². The third-order valence-electron chi connectivity index (χ3n) is 9.89. The largest absolute Gasteiger partial charge is 0.375 e. The Labute approximate surface area is 255 Å². The molecule has 3 heterocycles. The van der Waals surface area contributed by atoms with E-state index in [1.807, 2.05) is 0 Å². The first-order valence-electron chi connectivity index (χ1n) is 15.7. The van der Waals surface area contributed by atoms with Crippen LogP contribution in [0.25, 0.3) is 49.3 Å². The second-order valence-electron chi connectivity index (χ2n) is 14.8. The van der Waals surface area contributed by atoms with Gasteiger partial charge in [-0.15, -0.1) is 0 Å². The van der Waals surface area contributed by atoms with Crippen LogP contribution in [0.1, 0.15) is 63.8 Å². The molecular formula is C40H39BN2. The van der Waals surface area contributed by atoms with E-state index in [1.54, 1.807) is 0 Å². The highest BCUT2D eigenvalue weighted by Crippen LogP contribution is 2.40. The monoisotopic (exact) mass is 558 g/mol. The van der Waals surface area contributed by atoms with E-state index in [-0.39, 0.29) is 17.7 Å². The summed E-state index contributed by atoms with van der Waals surface area (Å²) < 4.78 is 5.26. The molecule has 0 saturated carbocycles. The number of fused-ring (bicyclic) bond motifs is 8. The van der Waals surface area contributed by atoms with Gasteiger partial charge in [0, 0.05) is 38.3 Å². The molecule has 0 N–H and O–H groups in total. The molecule has 0 unspecified atom stereocenters. The van der Waals surface area contributed by atoms with Gasteiger partial charge in [0.1, 0.15) is 0 Å². The molecule has 212 valence electrons. The van der Waals surface area contributed by atoms with Gasteiger partial charge >= 0.3 is 6.85 Å². The molecule has 5 aromatic carbocycles. The van der Waals surface area contributed by atoms with Crippen molar-refractivity contribution in [2.24, 2.45) is 0 Å². The smallest absolute Gasteiger partial charge is 0.332 e. The fraction of sp³-hybridized carbons (Fsp3) is 0.250. The molecule has 2 nitrogen and oxygen atoms in total. The number of aryl methyl sites for hydroxylation is 2. The fourth-order valence-electron chi connectivity index (χ4n) is 7.89. The standard InChI is InChI=1S/C40H39BN2/c1-24-13-11-15-27-28-16-12-14-25(2)37(28)43(36(24)27)41-32-17-9-10-18-34(32)42-33-22-19-26(39(3,4)5)23-30(33)29-20-21-31(40(6,7)8)35(41)38(29)42/h9-23H,1-8H3. The third kappa shape index (κ3) is 3.54. The van der Waals surface area contributed by atoms with Crippen LogP contribution in [0.15, 0.2) is 91.0 Å². The van der Waals surface area contributed by atoms with Gasteiger partial charge in [-0.1, -0.05) is 114 Å². The van der Waals surface area contributed by atoms with Crippen molar-refractivity contribution in [3.8, 4) is 5.69 Å². The summed E-state index contributed by atoms with van der Waals surface area (Å²) in [5.41, 5.74) is 14.9. The van der Waals surface area contributed by atoms with Crippen LogP contribution >= 0.6 is 0 Å². The van der Waals surface area contributed by atoms with Crippen LogP contribution in [0.5, 0.6) is 0 Å². The zero-order chi connectivity index (χ0) is 30.0. The van der Waals surface area contributed by atoms with E-state index in [4.69, 9.17) is 0 Å². The van der Waals surface area contributed by atoms with Gasteiger partial charge in [-0.2, -0.15) is 0 Å². The molecule has 1 aliphatic rings. The Balaban J connectivity index is 1.64. The normalized spacial score (nSPS) is 13.5. The zero-order valence-electron chi connectivity index (χ0n) is 26.6. The van der Waals surface area contributed by atoms with Gasteiger partial charge in [0.05, 0.1) is 11.0 Å². The number of aromatic nitrogens is 2. The van der Waals surface area contributed by atoms with Crippen molar-refractivity contribution < 1.29 is 0 Å². The summed E-state index contributed by atoms with van der Waals surface area (Å²) in [5, 5.41) is 5.36. The van der Waals surface area contributed by atoms with Crippen molar-refractivity contribution in [3.63, 3.8) is 0 Å². The van der Waals surface area contributed by atoms with Crippen LogP contribution in [0.3, 0.4) is 0 Å². The van der Waals surface area contributed by atoms with Gasteiger partial charge in [0.25, 0.3) is 0 Å². The maximum atomic E-state index is 2.69. The quantitative estimate of drug-likeness (QED) is 0.178. The zero-order valence-corrected chi connectivity index (χ0v) is 26.6. The molecule has 0 fully saturated rings. The molecular weight excluding hydrogens is 519 g/mol. The minimum Gasteiger partial charge on any atom is -0.375 e. The molecule has 0 atom stereocenters. The lowest BCUT2D eigenvalue weighted by Gasteiger charge is -2.33. The van der Waals surface area contributed by atoms with E-state index in [1.165, 1.54) is 82.5 Å².